The molecule has 0 amide bonds. The van der Waals surface area contributed by atoms with Gasteiger partial charge in [0.25, 0.3) is 0 Å². The Morgan fingerprint density at radius 2 is 1.92 bits per heavy atom. The third-order valence-electron chi connectivity index (χ3n) is 4.37. The van der Waals surface area contributed by atoms with Crippen LogP contribution in [0.4, 0.5) is 0 Å². The van der Waals surface area contributed by atoms with Gasteiger partial charge in [0.15, 0.2) is 0 Å². The van der Waals surface area contributed by atoms with Crippen molar-refractivity contribution < 1.29 is 17.9 Å². The zero-order valence-electron chi connectivity index (χ0n) is 15.4. The van der Waals surface area contributed by atoms with Crippen LogP contribution in [0.25, 0.3) is 0 Å². The van der Waals surface area contributed by atoms with Crippen LogP contribution in [0.2, 0.25) is 0 Å². The van der Waals surface area contributed by atoms with Gasteiger partial charge in [-0.1, -0.05) is 26.0 Å². The van der Waals surface area contributed by atoms with Crippen LogP contribution in [-0.2, 0) is 22.9 Å². The van der Waals surface area contributed by atoms with Crippen LogP contribution in [0.3, 0.4) is 0 Å². The molecular formula is C20H25NO4S. The molecule has 1 N–H and O–H groups in total. The van der Waals surface area contributed by atoms with Gasteiger partial charge >= 0.3 is 0 Å². The number of fused-ring (bicyclic) bond motifs is 1. The Labute approximate surface area is 155 Å². The van der Waals surface area contributed by atoms with Crippen LogP contribution < -0.4 is 14.2 Å². The first-order chi connectivity index (χ1) is 12.4. The van der Waals surface area contributed by atoms with E-state index < -0.39 is 10.0 Å². The van der Waals surface area contributed by atoms with Crippen molar-refractivity contribution in [3.05, 3.63) is 53.6 Å². The molecule has 0 fully saturated rings. The van der Waals surface area contributed by atoms with Gasteiger partial charge < -0.3 is 9.47 Å². The number of methoxy groups -OCH3 is 1. The van der Waals surface area contributed by atoms with Crippen LogP contribution >= 0.6 is 0 Å². The lowest BCUT2D eigenvalue weighted by Crippen LogP contribution is -2.42. The van der Waals surface area contributed by atoms with E-state index in [4.69, 9.17) is 9.47 Å². The molecule has 0 saturated heterocycles. The lowest BCUT2D eigenvalue weighted by Gasteiger charge is -2.26. The molecule has 0 aliphatic carbocycles. The quantitative estimate of drug-likeness (QED) is 0.842. The number of benzene rings is 2. The first-order valence-electron chi connectivity index (χ1n) is 8.78. The second-order valence-electron chi connectivity index (χ2n) is 7.05. The zero-order chi connectivity index (χ0) is 18.7. The molecule has 0 radical (unpaired) electrons. The van der Waals surface area contributed by atoms with E-state index in [9.17, 15) is 8.42 Å². The van der Waals surface area contributed by atoms with Gasteiger partial charge in [-0.3, -0.25) is 0 Å². The molecule has 0 bridgehead atoms. The largest absolute Gasteiger partial charge is 0.497 e. The van der Waals surface area contributed by atoms with Gasteiger partial charge in [0.2, 0.25) is 10.0 Å². The average molecular weight is 375 g/mol. The Morgan fingerprint density at radius 3 is 2.58 bits per heavy atom. The Kier molecular flexibility index (Phi) is 5.53. The van der Waals surface area contributed by atoms with E-state index in [0.29, 0.717) is 18.9 Å². The molecule has 0 aromatic heterocycles. The molecule has 2 aromatic rings. The van der Waals surface area contributed by atoms with Gasteiger partial charge in [0.1, 0.15) is 18.1 Å². The highest BCUT2D eigenvalue weighted by molar-refractivity contribution is 7.89. The SMILES string of the molecule is COc1ccc2c(c1)CC(NS(=O)(=O)c1ccc(CC(C)C)cc1)CO2. The summed E-state index contributed by atoms with van der Waals surface area (Å²) in [6.07, 6.45) is 1.50. The molecule has 1 heterocycles. The van der Waals surface area contributed by atoms with Crippen molar-refractivity contribution in [1.82, 2.24) is 4.72 Å². The number of ether oxygens (including phenoxy) is 2. The molecule has 0 saturated carbocycles. The van der Waals surface area contributed by atoms with Crippen molar-refractivity contribution in [2.24, 2.45) is 5.92 Å². The predicted octanol–water partition coefficient (Wildman–Crippen LogP) is 3.18. The van der Waals surface area contributed by atoms with E-state index in [1.165, 1.54) is 0 Å². The van der Waals surface area contributed by atoms with Gasteiger partial charge in [-0.25, -0.2) is 13.1 Å². The second-order valence-corrected chi connectivity index (χ2v) is 8.76. The molecule has 1 atom stereocenters. The summed E-state index contributed by atoms with van der Waals surface area (Å²) in [5.74, 6) is 2.04. The summed E-state index contributed by atoms with van der Waals surface area (Å²) in [5.41, 5.74) is 2.08. The lowest BCUT2D eigenvalue weighted by atomic mass is 10.0. The normalized spacial score (nSPS) is 16.8. The average Bonchev–Trinajstić information content (AvgIpc) is 2.60. The van der Waals surface area contributed by atoms with Crippen LogP contribution in [-0.4, -0.2) is 28.2 Å². The Morgan fingerprint density at radius 1 is 1.19 bits per heavy atom. The minimum absolute atomic E-state index is 0.279. The Hall–Kier alpha value is -2.05. The van der Waals surface area contributed by atoms with Crippen LogP contribution in [0, 0.1) is 5.92 Å². The highest BCUT2D eigenvalue weighted by atomic mass is 32.2. The topological polar surface area (TPSA) is 64.6 Å². The summed E-state index contributed by atoms with van der Waals surface area (Å²) in [5, 5.41) is 0. The van der Waals surface area contributed by atoms with E-state index in [0.717, 1.165) is 29.0 Å². The minimum atomic E-state index is -3.58. The van der Waals surface area contributed by atoms with E-state index in [-0.39, 0.29) is 10.9 Å². The maximum atomic E-state index is 12.7. The summed E-state index contributed by atoms with van der Waals surface area (Å²) >= 11 is 0. The summed E-state index contributed by atoms with van der Waals surface area (Å²) in [4.78, 5) is 0.279. The van der Waals surface area contributed by atoms with Crippen molar-refractivity contribution in [2.45, 2.75) is 37.6 Å². The van der Waals surface area contributed by atoms with Crippen molar-refractivity contribution in [3.63, 3.8) is 0 Å². The molecule has 1 aliphatic heterocycles. The Balaban J connectivity index is 1.71. The smallest absolute Gasteiger partial charge is 0.240 e. The van der Waals surface area contributed by atoms with Gasteiger partial charge in [-0.2, -0.15) is 0 Å². The van der Waals surface area contributed by atoms with E-state index in [1.54, 1.807) is 19.2 Å². The maximum absolute atomic E-state index is 12.7. The molecule has 140 valence electrons. The molecule has 1 unspecified atom stereocenters. The third-order valence-corrected chi connectivity index (χ3v) is 5.91. The van der Waals surface area contributed by atoms with Gasteiger partial charge in [0.05, 0.1) is 18.0 Å². The van der Waals surface area contributed by atoms with Crippen LogP contribution in [0.5, 0.6) is 11.5 Å². The van der Waals surface area contributed by atoms with Gasteiger partial charge in [-0.05, 0) is 60.2 Å². The molecule has 5 nitrogen and oxygen atoms in total. The highest BCUT2D eigenvalue weighted by Gasteiger charge is 2.25. The maximum Gasteiger partial charge on any atom is 0.240 e. The molecule has 6 heteroatoms. The lowest BCUT2D eigenvalue weighted by molar-refractivity contribution is 0.253. The molecule has 26 heavy (non-hydrogen) atoms. The number of nitrogens with one attached hydrogen (secondary N) is 1. The van der Waals surface area contributed by atoms with Crippen molar-refractivity contribution in [1.29, 1.82) is 0 Å². The van der Waals surface area contributed by atoms with Crippen molar-refractivity contribution in [2.75, 3.05) is 13.7 Å². The molecule has 1 aliphatic rings. The van der Waals surface area contributed by atoms with E-state index in [2.05, 4.69) is 18.6 Å². The molecule has 0 spiro atoms. The van der Waals surface area contributed by atoms with E-state index >= 15 is 0 Å². The van der Waals surface area contributed by atoms with E-state index in [1.807, 2.05) is 30.3 Å². The zero-order valence-corrected chi connectivity index (χ0v) is 16.2. The molecule has 3 rings (SSSR count). The number of sulfonamides is 1. The predicted molar refractivity (Wildman–Crippen MR) is 101 cm³/mol. The second kappa shape index (κ2) is 7.68. The summed E-state index contributed by atoms with van der Waals surface area (Å²) in [6.45, 7) is 4.59. The standard InChI is InChI=1S/C20H25NO4S/c1-14(2)10-15-4-7-19(8-5-15)26(22,23)21-17-11-16-12-18(24-3)6-9-20(16)25-13-17/h4-9,12,14,17,21H,10-11,13H2,1-3H3. The number of rotatable bonds is 6. The number of hydrogen-bond acceptors (Lipinski definition) is 4. The van der Waals surface area contributed by atoms with Gasteiger partial charge in [-0.15, -0.1) is 0 Å². The summed E-state index contributed by atoms with van der Waals surface area (Å²) in [6, 6.07) is 12.4. The fraction of sp³-hybridized carbons (Fsp3) is 0.400. The minimum Gasteiger partial charge on any atom is -0.497 e. The third kappa shape index (κ3) is 4.37. The molecule has 2 aromatic carbocycles. The van der Waals surface area contributed by atoms with Crippen molar-refractivity contribution >= 4 is 10.0 Å². The number of hydrogen-bond donors (Lipinski definition) is 1. The Bertz CT molecular complexity index is 860. The summed E-state index contributed by atoms with van der Waals surface area (Å²) < 4.78 is 39.0. The first kappa shape index (κ1) is 18.7. The first-order valence-corrected chi connectivity index (χ1v) is 10.3. The fourth-order valence-electron chi connectivity index (χ4n) is 3.14. The summed E-state index contributed by atoms with van der Waals surface area (Å²) in [7, 11) is -1.98. The monoisotopic (exact) mass is 375 g/mol. The fourth-order valence-corrected chi connectivity index (χ4v) is 4.36. The highest BCUT2D eigenvalue weighted by Crippen LogP contribution is 2.29. The molecular weight excluding hydrogens is 350 g/mol. The van der Waals surface area contributed by atoms with Crippen molar-refractivity contribution in [3.8, 4) is 11.5 Å². The van der Waals surface area contributed by atoms with Crippen LogP contribution in [0.1, 0.15) is 25.0 Å². The van der Waals surface area contributed by atoms with Crippen LogP contribution in [0.15, 0.2) is 47.4 Å². The van der Waals surface area contributed by atoms with Gasteiger partial charge in [0, 0.05) is 0 Å².